The van der Waals surface area contributed by atoms with Crippen molar-refractivity contribution < 1.29 is 4.79 Å². The van der Waals surface area contributed by atoms with Crippen LogP contribution in [-0.4, -0.2) is 34.9 Å². The van der Waals surface area contributed by atoms with Crippen LogP contribution in [0, 0.1) is 0 Å². The zero-order valence-corrected chi connectivity index (χ0v) is 10.9. The van der Waals surface area contributed by atoms with Crippen molar-refractivity contribution in [2.75, 3.05) is 13.1 Å². The fourth-order valence-corrected chi connectivity index (χ4v) is 2.02. The molecule has 2 heterocycles. The summed E-state index contributed by atoms with van der Waals surface area (Å²) >= 11 is 5.88. The molecule has 0 aliphatic carbocycles. The van der Waals surface area contributed by atoms with E-state index in [2.05, 4.69) is 4.98 Å². The number of likely N-dealkylation sites (tertiary alicyclic amines) is 1. The molecule has 1 saturated heterocycles. The molecule has 2 rings (SSSR count). The van der Waals surface area contributed by atoms with Gasteiger partial charge in [0.25, 0.3) is 5.91 Å². The van der Waals surface area contributed by atoms with E-state index in [-0.39, 0.29) is 29.5 Å². The Bertz CT molecular complexity index is 392. The summed E-state index contributed by atoms with van der Waals surface area (Å²) in [6.45, 7) is 1.40. The largest absolute Gasteiger partial charge is 0.338 e. The standard InChI is InChI=1S/C11H14ClN3O.ClH/c12-10-9(2-1-5-14-10)11(16)15-6-3-8(13)4-7-15;/h1-2,5,8H,3-4,6-7,13H2;1H. The Morgan fingerprint density at radius 1 is 1.47 bits per heavy atom. The van der Waals surface area contributed by atoms with Crippen LogP contribution in [0.1, 0.15) is 23.2 Å². The normalized spacial score (nSPS) is 16.5. The van der Waals surface area contributed by atoms with Gasteiger partial charge in [-0.15, -0.1) is 12.4 Å². The molecular weight excluding hydrogens is 261 g/mol. The summed E-state index contributed by atoms with van der Waals surface area (Å²) in [5.41, 5.74) is 6.26. The molecule has 1 amide bonds. The Balaban J connectivity index is 0.00000144. The van der Waals surface area contributed by atoms with Gasteiger partial charge in [0.1, 0.15) is 5.15 Å². The van der Waals surface area contributed by atoms with Crippen molar-refractivity contribution in [2.45, 2.75) is 18.9 Å². The molecule has 0 atom stereocenters. The molecule has 0 aromatic carbocycles. The topological polar surface area (TPSA) is 59.2 Å². The highest BCUT2D eigenvalue weighted by Crippen LogP contribution is 2.17. The van der Waals surface area contributed by atoms with Crippen LogP contribution in [0.25, 0.3) is 0 Å². The van der Waals surface area contributed by atoms with Crippen molar-refractivity contribution in [1.29, 1.82) is 0 Å². The number of nitrogens with zero attached hydrogens (tertiary/aromatic N) is 2. The molecule has 1 aromatic rings. The zero-order chi connectivity index (χ0) is 11.5. The summed E-state index contributed by atoms with van der Waals surface area (Å²) in [5.74, 6) is -0.0509. The highest BCUT2D eigenvalue weighted by atomic mass is 35.5. The highest BCUT2D eigenvalue weighted by molar-refractivity contribution is 6.32. The van der Waals surface area contributed by atoms with E-state index in [1.165, 1.54) is 0 Å². The molecule has 0 bridgehead atoms. The van der Waals surface area contributed by atoms with Gasteiger partial charge in [0.2, 0.25) is 0 Å². The first-order valence-electron chi connectivity index (χ1n) is 5.34. The predicted octanol–water partition coefficient (Wildman–Crippen LogP) is 1.72. The molecule has 1 fully saturated rings. The van der Waals surface area contributed by atoms with Gasteiger partial charge in [0.15, 0.2) is 0 Å². The third-order valence-corrected chi connectivity index (χ3v) is 3.12. The number of nitrogens with two attached hydrogens (primary N) is 1. The van der Waals surface area contributed by atoms with E-state index in [4.69, 9.17) is 17.3 Å². The van der Waals surface area contributed by atoms with Crippen molar-refractivity contribution in [1.82, 2.24) is 9.88 Å². The predicted molar refractivity (Wildman–Crippen MR) is 69.6 cm³/mol. The van der Waals surface area contributed by atoms with E-state index in [9.17, 15) is 4.79 Å². The first-order valence-corrected chi connectivity index (χ1v) is 5.71. The first-order chi connectivity index (χ1) is 7.68. The second kappa shape index (κ2) is 6.19. The van der Waals surface area contributed by atoms with Gasteiger partial charge in [-0.3, -0.25) is 4.79 Å². The van der Waals surface area contributed by atoms with Crippen LogP contribution >= 0.6 is 24.0 Å². The minimum atomic E-state index is -0.0509. The van der Waals surface area contributed by atoms with Gasteiger partial charge in [-0.2, -0.15) is 0 Å². The Morgan fingerprint density at radius 2 is 2.12 bits per heavy atom. The number of halogens is 2. The number of amides is 1. The minimum absolute atomic E-state index is 0. The van der Waals surface area contributed by atoms with Crippen molar-refractivity contribution in [3.05, 3.63) is 29.0 Å². The van der Waals surface area contributed by atoms with Crippen LogP contribution in [0.4, 0.5) is 0 Å². The molecule has 1 aromatic heterocycles. The second-order valence-electron chi connectivity index (χ2n) is 3.97. The zero-order valence-electron chi connectivity index (χ0n) is 9.30. The molecule has 1 aliphatic heterocycles. The van der Waals surface area contributed by atoms with Crippen LogP contribution in [0.15, 0.2) is 18.3 Å². The third-order valence-electron chi connectivity index (χ3n) is 2.82. The fourth-order valence-electron chi connectivity index (χ4n) is 1.82. The van der Waals surface area contributed by atoms with Crippen LogP contribution in [0.5, 0.6) is 0 Å². The van der Waals surface area contributed by atoms with Gasteiger partial charge in [0, 0.05) is 25.3 Å². The first kappa shape index (κ1) is 14.2. The second-order valence-corrected chi connectivity index (χ2v) is 4.33. The van der Waals surface area contributed by atoms with Crippen molar-refractivity contribution in [2.24, 2.45) is 5.73 Å². The van der Waals surface area contributed by atoms with Crippen molar-refractivity contribution in [3.8, 4) is 0 Å². The van der Waals surface area contributed by atoms with Crippen LogP contribution in [0.2, 0.25) is 5.15 Å². The van der Waals surface area contributed by atoms with E-state index >= 15 is 0 Å². The molecule has 0 spiro atoms. The number of carbonyl (C=O) groups excluding carboxylic acids is 1. The lowest BCUT2D eigenvalue weighted by atomic mass is 10.1. The van der Waals surface area contributed by atoms with Crippen LogP contribution in [0.3, 0.4) is 0 Å². The van der Waals surface area contributed by atoms with Crippen molar-refractivity contribution >= 4 is 29.9 Å². The molecule has 0 unspecified atom stereocenters. The van der Waals surface area contributed by atoms with Gasteiger partial charge < -0.3 is 10.6 Å². The minimum Gasteiger partial charge on any atom is -0.338 e. The summed E-state index contributed by atoms with van der Waals surface area (Å²) in [6.07, 6.45) is 3.28. The van der Waals surface area contributed by atoms with E-state index < -0.39 is 0 Å². The number of aromatic nitrogens is 1. The number of rotatable bonds is 1. The third kappa shape index (κ3) is 3.31. The lowest BCUT2D eigenvalue weighted by molar-refractivity contribution is 0.0714. The molecule has 4 nitrogen and oxygen atoms in total. The Morgan fingerprint density at radius 3 is 2.71 bits per heavy atom. The molecule has 17 heavy (non-hydrogen) atoms. The van der Waals surface area contributed by atoms with Crippen LogP contribution in [-0.2, 0) is 0 Å². The maximum absolute atomic E-state index is 12.1. The average Bonchev–Trinajstić information content (AvgIpc) is 2.30. The maximum atomic E-state index is 12.1. The summed E-state index contributed by atoms with van der Waals surface area (Å²) in [5, 5.41) is 0.266. The van der Waals surface area contributed by atoms with Gasteiger partial charge in [-0.25, -0.2) is 4.98 Å². The van der Waals surface area contributed by atoms with Crippen LogP contribution < -0.4 is 5.73 Å². The molecule has 6 heteroatoms. The molecule has 0 radical (unpaired) electrons. The summed E-state index contributed by atoms with van der Waals surface area (Å²) in [4.78, 5) is 17.8. The van der Waals surface area contributed by atoms with Gasteiger partial charge in [-0.05, 0) is 25.0 Å². The maximum Gasteiger partial charge on any atom is 0.256 e. The average molecular weight is 276 g/mol. The van der Waals surface area contributed by atoms with E-state index in [1.807, 2.05) is 0 Å². The lowest BCUT2D eigenvalue weighted by Gasteiger charge is -2.30. The number of piperidine rings is 1. The number of carbonyl (C=O) groups is 1. The van der Waals surface area contributed by atoms with Gasteiger partial charge >= 0.3 is 0 Å². The van der Waals surface area contributed by atoms with Gasteiger partial charge in [0.05, 0.1) is 5.56 Å². The summed E-state index contributed by atoms with van der Waals surface area (Å²) < 4.78 is 0. The van der Waals surface area contributed by atoms with E-state index in [1.54, 1.807) is 23.2 Å². The number of pyridine rings is 1. The quantitative estimate of drug-likeness (QED) is 0.794. The monoisotopic (exact) mass is 275 g/mol. The van der Waals surface area contributed by atoms with Crippen molar-refractivity contribution in [3.63, 3.8) is 0 Å². The Labute approximate surface area is 112 Å². The number of hydrogen-bond acceptors (Lipinski definition) is 3. The smallest absolute Gasteiger partial charge is 0.256 e. The van der Waals surface area contributed by atoms with E-state index in [0.29, 0.717) is 18.7 Å². The Hall–Kier alpha value is -0.840. The molecular formula is C11H15Cl2N3O. The highest BCUT2D eigenvalue weighted by Gasteiger charge is 2.23. The Kier molecular flexibility index (Phi) is 5.18. The fraction of sp³-hybridized carbons (Fsp3) is 0.455. The number of hydrogen-bond donors (Lipinski definition) is 1. The molecule has 0 saturated carbocycles. The molecule has 2 N–H and O–H groups in total. The lowest BCUT2D eigenvalue weighted by Crippen LogP contribution is -2.42. The molecule has 94 valence electrons. The summed E-state index contributed by atoms with van der Waals surface area (Å²) in [6, 6.07) is 3.63. The SMILES string of the molecule is Cl.NC1CCN(C(=O)c2cccnc2Cl)CC1. The molecule has 1 aliphatic rings. The summed E-state index contributed by atoms with van der Waals surface area (Å²) in [7, 11) is 0. The van der Waals surface area contributed by atoms with Gasteiger partial charge in [-0.1, -0.05) is 11.6 Å². The van der Waals surface area contributed by atoms with E-state index in [0.717, 1.165) is 12.8 Å².